The van der Waals surface area contributed by atoms with Gasteiger partial charge in [0.05, 0.1) is 12.2 Å². The lowest BCUT2D eigenvalue weighted by Crippen LogP contribution is -2.38. The molecule has 0 radical (unpaired) electrons. The third-order valence-electron chi connectivity index (χ3n) is 3.01. The molecule has 2 N–H and O–H groups in total. The predicted molar refractivity (Wildman–Crippen MR) is 102 cm³/mol. The van der Waals surface area contributed by atoms with Gasteiger partial charge in [0.25, 0.3) is 0 Å². The SMILES string of the molecule is CCCNC(=NCC(=O)N(C)C)NCc1cc(C(C)C)no1.I. The first-order valence-corrected chi connectivity index (χ1v) is 7.61. The predicted octanol–water partition coefficient (Wildman–Crippen LogP) is 1.95. The van der Waals surface area contributed by atoms with Gasteiger partial charge in [0.15, 0.2) is 11.7 Å². The molecule has 0 aromatic carbocycles. The molecule has 23 heavy (non-hydrogen) atoms. The number of halogens is 1. The van der Waals surface area contributed by atoms with Crippen LogP contribution in [0.1, 0.15) is 44.6 Å². The molecule has 1 amide bonds. The molecule has 0 saturated heterocycles. The van der Waals surface area contributed by atoms with E-state index in [2.05, 4.69) is 41.6 Å². The molecule has 0 aliphatic heterocycles. The van der Waals surface area contributed by atoms with Crippen molar-refractivity contribution in [1.82, 2.24) is 20.7 Å². The maximum Gasteiger partial charge on any atom is 0.243 e. The van der Waals surface area contributed by atoms with Crippen molar-refractivity contribution in [3.63, 3.8) is 0 Å². The Morgan fingerprint density at radius 2 is 2.09 bits per heavy atom. The van der Waals surface area contributed by atoms with Crippen molar-refractivity contribution in [2.24, 2.45) is 4.99 Å². The maximum absolute atomic E-state index is 11.6. The van der Waals surface area contributed by atoms with Crippen LogP contribution < -0.4 is 10.6 Å². The van der Waals surface area contributed by atoms with Gasteiger partial charge in [0.1, 0.15) is 6.54 Å². The standard InChI is InChI=1S/C15H27N5O2.HI/c1-6-7-16-15(18-10-14(21)20(4)5)17-9-12-8-13(11(2)3)19-22-12;/h8,11H,6-7,9-10H2,1-5H3,(H2,16,17,18);1H. The first kappa shape index (κ1) is 21.7. The number of likely N-dealkylation sites (N-methyl/N-ethyl adjacent to an activating group) is 1. The molecule has 0 unspecified atom stereocenters. The van der Waals surface area contributed by atoms with Crippen LogP contribution in [0.25, 0.3) is 0 Å². The van der Waals surface area contributed by atoms with Crippen LogP contribution in [0.15, 0.2) is 15.6 Å². The van der Waals surface area contributed by atoms with E-state index >= 15 is 0 Å². The maximum atomic E-state index is 11.6. The Morgan fingerprint density at radius 1 is 1.39 bits per heavy atom. The second-order valence-corrected chi connectivity index (χ2v) is 5.61. The number of nitrogens with one attached hydrogen (secondary N) is 2. The third-order valence-corrected chi connectivity index (χ3v) is 3.01. The Labute approximate surface area is 155 Å². The zero-order valence-corrected chi connectivity index (χ0v) is 16.9. The minimum atomic E-state index is -0.0423. The molecule has 8 heteroatoms. The fraction of sp³-hybridized carbons (Fsp3) is 0.667. The van der Waals surface area contributed by atoms with Crippen LogP contribution in [0.3, 0.4) is 0 Å². The van der Waals surface area contributed by atoms with Gasteiger partial charge in [0, 0.05) is 26.7 Å². The smallest absolute Gasteiger partial charge is 0.243 e. The van der Waals surface area contributed by atoms with Crippen LogP contribution in [-0.4, -0.2) is 49.1 Å². The average molecular weight is 437 g/mol. The highest BCUT2D eigenvalue weighted by atomic mass is 127. The van der Waals surface area contributed by atoms with Crippen LogP contribution in [-0.2, 0) is 11.3 Å². The Bertz CT molecular complexity index is 500. The number of amides is 1. The van der Waals surface area contributed by atoms with Crippen LogP contribution in [0.5, 0.6) is 0 Å². The summed E-state index contributed by atoms with van der Waals surface area (Å²) in [6, 6.07) is 1.93. The molecule has 132 valence electrons. The Balaban J connectivity index is 0.00000484. The number of carbonyl (C=O) groups is 1. The van der Waals surface area contributed by atoms with Gasteiger partial charge in [-0.05, 0) is 12.3 Å². The number of aromatic nitrogens is 1. The van der Waals surface area contributed by atoms with E-state index in [-0.39, 0.29) is 36.4 Å². The molecule has 1 heterocycles. The first-order chi connectivity index (χ1) is 10.4. The summed E-state index contributed by atoms with van der Waals surface area (Å²) in [6.45, 7) is 7.58. The topological polar surface area (TPSA) is 82.8 Å². The quantitative estimate of drug-likeness (QED) is 0.387. The number of rotatable bonds is 7. The van der Waals surface area contributed by atoms with E-state index in [1.165, 1.54) is 4.90 Å². The van der Waals surface area contributed by atoms with Gasteiger partial charge in [0.2, 0.25) is 5.91 Å². The zero-order valence-electron chi connectivity index (χ0n) is 14.5. The van der Waals surface area contributed by atoms with E-state index in [9.17, 15) is 4.79 Å². The summed E-state index contributed by atoms with van der Waals surface area (Å²) in [7, 11) is 3.43. The second kappa shape index (κ2) is 11.3. The van der Waals surface area contributed by atoms with Crippen molar-refractivity contribution in [3.05, 3.63) is 17.5 Å². The molecule has 1 aromatic heterocycles. The summed E-state index contributed by atoms with van der Waals surface area (Å²) in [6.07, 6.45) is 0.974. The van der Waals surface area contributed by atoms with E-state index in [1.807, 2.05) is 6.07 Å². The van der Waals surface area contributed by atoms with Crippen molar-refractivity contribution >= 4 is 35.8 Å². The highest BCUT2D eigenvalue weighted by molar-refractivity contribution is 14.0. The number of nitrogens with zero attached hydrogens (tertiary/aromatic N) is 3. The minimum Gasteiger partial charge on any atom is -0.359 e. The first-order valence-electron chi connectivity index (χ1n) is 7.61. The van der Waals surface area contributed by atoms with Gasteiger partial charge in [-0.25, -0.2) is 4.99 Å². The zero-order chi connectivity index (χ0) is 16.5. The summed E-state index contributed by atoms with van der Waals surface area (Å²) in [5, 5.41) is 10.3. The van der Waals surface area contributed by atoms with Crippen LogP contribution in [0.2, 0.25) is 0 Å². The summed E-state index contributed by atoms with van der Waals surface area (Å²) in [5.41, 5.74) is 0.930. The van der Waals surface area contributed by atoms with Gasteiger partial charge in [-0.1, -0.05) is 25.9 Å². The van der Waals surface area contributed by atoms with Crippen molar-refractivity contribution in [3.8, 4) is 0 Å². The molecule has 0 fully saturated rings. The Morgan fingerprint density at radius 3 is 2.61 bits per heavy atom. The van der Waals surface area contributed by atoms with Crippen LogP contribution in [0, 0.1) is 0 Å². The molecular weight excluding hydrogens is 409 g/mol. The van der Waals surface area contributed by atoms with E-state index in [0.717, 1.165) is 24.4 Å². The van der Waals surface area contributed by atoms with Gasteiger partial charge < -0.3 is 20.1 Å². The molecule has 1 rings (SSSR count). The molecule has 7 nitrogen and oxygen atoms in total. The molecular formula is C15H28IN5O2. The molecule has 0 aliphatic carbocycles. The minimum absolute atomic E-state index is 0. The lowest BCUT2D eigenvalue weighted by molar-refractivity contribution is -0.127. The highest BCUT2D eigenvalue weighted by Gasteiger charge is 2.09. The number of carbonyl (C=O) groups excluding carboxylic acids is 1. The fourth-order valence-corrected chi connectivity index (χ4v) is 1.56. The third kappa shape index (κ3) is 8.19. The highest BCUT2D eigenvalue weighted by Crippen LogP contribution is 2.13. The van der Waals surface area contributed by atoms with Crippen LogP contribution in [0.4, 0.5) is 0 Å². The Hall–Kier alpha value is -1.32. The van der Waals surface area contributed by atoms with E-state index in [1.54, 1.807) is 14.1 Å². The van der Waals surface area contributed by atoms with Crippen molar-refractivity contribution in [2.45, 2.75) is 39.7 Å². The summed E-state index contributed by atoms with van der Waals surface area (Å²) in [4.78, 5) is 17.4. The van der Waals surface area contributed by atoms with Crippen LogP contribution >= 0.6 is 24.0 Å². The van der Waals surface area contributed by atoms with Gasteiger partial charge in [-0.15, -0.1) is 24.0 Å². The monoisotopic (exact) mass is 437 g/mol. The van der Waals surface area contributed by atoms with Gasteiger partial charge in [-0.2, -0.15) is 0 Å². The molecule has 1 aromatic rings. The summed E-state index contributed by atoms with van der Waals surface area (Å²) < 4.78 is 5.27. The lowest BCUT2D eigenvalue weighted by Gasteiger charge is -2.12. The van der Waals surface area contributed by atoms with Crippen molar-refractivity contribution in [2.75, 3.05) is 27.2 Å². The molecule has 0 bridgehead atoms. The molecule has 0 atom stereocenters. The van der Waals surface area contributed by atoms with Crippen molar-refractivity contribution in [1.29, 1.82) is 0 Å². The second-order valence-electron chi connectivity index (χ2n) is 5.61. The van der Waals surface area contributed by atoms with Gasteiger partial charge in [-0.3, -0.25) is 4.79 Å². The molecule has 0 saturated carbocycles. The summed E-state index contributed by atoms with van der Waals surface area (Å²) in [5.74, 6) is 1.63. The lowest BCUT2D eigenvalue weighted by atomic mass is 10.1. The average Bonchev–Trinajstić information content (AvgIpc) is 2.95. The largest absolute Gasteiger partial charge is 0.359 e. The molecule has 0 aliphatic rings. The number of guanidine groups is 1. The number of hydrogen-bond acceptors (Lipinski definition) is 4. The van der Waals surface area contributed by atoms with E-state index in [0.29, 0.717) is 18.4 Å². The normalized spacial score (nSPS) is 11.1. The Kier molecular flexibility index (Phi) is 10.6. The number of hydrogen-bond donors (Lipinski definition) is 2. The number of aliphatic imine (C=N–C) groups is 1. The fourth-order valence-electron chi connectivity index (χ4n) is 1.56. The van der Waals surface area contributed by atoms with Gasteiger partial charge >= 0.3 is 0 Å². The van der Waals surface area contributed by atoms with E-state index in [4.69, 9.17) is 4.52 Å². The van der Waals surface area contributed by atoms with E-state index < -0.39 is 0 Å². The van der Waals surface area contributed by atoms with Crippen molar-refractivity contribution < 1.29 is 9.32 Å². The summed E-state index contributed by atoms with van der Waals surface area (Å²) >= 11 is 0. The molecule has 0 spiro atoms.